The number of nitrogens with one attached hydrogen (secondary N) is 1. The highest BCUT2D eigenvalue weighted by Gasteiger charge is 2.35. The van der Waals surface area contributed by atoms with E-state index in [2.05, 4.69) is 11.1 Å². The molecule has 2 aromatic carbocycles. The molecular weight excluding hydrogens is 426 g/mol. The van der Waals surface area contributed by atoms with Gasteiger partial charge in [0.25, 0.3) is 5.56 Å². The van der Waals surface area contributed by atoms with Crippen LogP contribution in [0.4, 0.5) is 5.69 Å². The van der Waals surface area contributed by atoms with E-state index in [0.29, 0.717) is 5.56 Å². The standard InChI is InChI=1S/C24H27N3O6/c1-26(2)18-7-5-14-9-16(4-3-15(14)10-18)19(29)8-6-17-12-27(24(32)25-23(17)31)22-11-20(30)21(13-28)33-22/h3-5,7,9-10,12,20-22,28,30H,6,8,11,13H2,1-2H3,(H,25,31,32)/t20-,21+,22+/m0/s1. The fourth-order valence-corrected chi connectivity index (χ4v) is 4.05. The number of Topliss-reactive ketones (excluding diaryl/α,β-unsaturated/α-hetero) is 1. The first-order chi connectivity index (χ1) is 15.8. The molecule has 2 heterocycles. The van der Waals surface area contributed by atoms with Crippen molar-refractivity contribution in [3.63, 3.8) is 0 Å². The third kappa shape index (κ3) is 4.75. The number of ketones is 1. The van der Waals surface area contributed by atoms with Crippen LogP contribution in [0.2, 0.25) is 0 Å². The minimum absolute atomic E-state index is 0.0932. The number of benzene rings is 2. The zero-order valence-corrected chi connectivity index (χ0v) is 18.5. The largest absolute Gasteiger partial charge is 0.394 e. The number of anilines is 1. The van der Waals surface area contributed by atoms with Gasteiger partial charge in [-0.2, -0.15) is 0 Å². The van der Waals surface area contributed by atoms with E-state index in [1.165, 1.54) is 10.8 Å². The Labute approximate surface area is 189 Å². The maximum absolute atomic E-state index is 12.8. The molecule has 0 unspecified atom stereocenters. The van der Waals surface area contributed by atoms with Crippen molar-refractivity contribution in [2.75, 3.05) is 25.6 Å². The number of carbonyl (C=O) groups excluding carboxylic acids is 1. The molecule has 33 heavy (non-hydrogen) atoms. The molecule has 9 heteroatoms. The molecule has 0 amide bonds. The molecule has 0 radical (unpaired) electrons. The van der Waals surface area contributed by atoms with Gasteiger partial charge in [0.2, 0.25) is 0 Å². The Kier molecular flexibility index (Phi) is 6.46. The highest BCUT2D eigenvalue weighted by atomic mass is 16.5. The monoisotopic (exact) mass is 453 g/mol. The Bertz CT molecular complexity index is 1300. The molecule has 1 aliphatic heterocycles. The number of carbonyl (C=O) groups is 1. The average molecular weight is 453 g/mol. The molecule has 3 aromatic rings. The number of nitrogens with zero attached hydrogens (tertiary/aromatic N) is 2. The fraction of sp³-hybridized carbons (Fsp3) is 0.375. The van der Waals surface area contributed by atoms with Crippen molar-refractivity contribution in [1.82, 2.24) is 9.55 Å². The van der Waals surface area contributed by atoms with Gasteiger partial charge in [-0.05, 0) is 35.4 Å². The van der Waals surface area contributed by atoms with Gasteiger partial charge in [-0.1, -0.05) is 18.2 Å². The third-order valence-corrected chi connectivity index (χ3v) is 6.02. The predicted octanol–water partition coefficient (Wildman–Crippen LogP) is 1.21. The molecule has 0 aliphatic carbocycles. The molecule has 1 fully saturated rings. The molecule has 1 aromatic heterocycles. The number of hydrogen-bond acceptors (Lipinski definition) is 7. The second kappa shape index (κ2) is 9.30. The number of H-pyrrole nitrogens is 1. The van der Waals surface area contributed by atoms with Crippen molar-refractivity contribution in [3.8, 4) is 0 Å². The first-order valence-corrected chi connectivity index (χ1v) is 10.8. The summed E-state index contributed by atoms with van der Waals surface area (Å²) in [7, 11) is 3.94. The molecule has 9 nitrogen and oxygen atoms in total. The lowest BCUT2D eigenvalue weighted by Gasteiger charge is -2.15. The van der Waals surface area contributed by atoms with Crippen molar-refractivity contribution < 1.29 is 19.7 Å². The highest BCUT2D eigenvalue weighted by molar-refractivity contribution is 6.00. The van der Waals surface area contributed by atoms with Crippen LogP contribution in [0.3, 0.4) is 0 Å². The number of ether oxygens (including phenoxy) is 1. The lowest BCUT2D eigenvalue weighted by molar-refractivity contribution is -0.0460. The van der Waals surface area contributed by atoms with E-state index in [1.807, 2.05) is 43.3 Å². The number of aryl methyl sites for hydroxylation is 1. The highest BCUT2D eigenvalue weighted by Crippen LogP contribution is 2.27. The van der Waals surface area contributed by atoms with Crippen LogP contribution in [-0.2, 0) is 11.2 Å². The van der Waals surface area contributed by atoms with E-state index < -0.39 is 29.7 Å². The summed E-state index contributed by atoms with van der Waals surface area (Å²) < 4.78 is 6.71. The van der Waals surface area contributed by atoms with Crippen molar-refractivity contribution in [3.05, 3.63) is 74.6 Å². The van der Waals surface area contributed by atoms with Gasteiger partial charge in [0.1, 0.15) is 12.3 Å². The van der Waals surface area contributed by atoms with Crippen LogP contribution in [0.1, 0.15) is 35.0 Å². The number of aromatic nitrogens is 2. The van der Waals surface area contributed by atoms with Crippen molar-refractivity contribution in [1.29, 1.82) is 0 Å². The molecule has 174 valence electrons. The number of aliphatic hydroxyl groups excluding tert-OH is 2. The van der Waals surface area contributed by atoms with Gasteiger partial charge in [0, 0.05) is 49.9 Å². The summed E-state index contributed by atoms with van der Waals surface area (Å²) in [6.45, 7) is -0.376. The normalized spacial score (nSPS) is 20.3. The summed E-state index contributed by atoms with van der Waals surface area (Å²) in [5.41, 5.74) is 0.663. The lowest BCUT2D eigenvalue weighted by atomic mass is 10.0. The van der Waals surface area contributed by atoms with Crippen molar-refractivity contribution in [2.45, 2.75) is 37.7 Å². The second-order valence-electron chi connectivity index (χ2n) is 8.50. The van der Waals surface area contributed by atoms with Crippen LogP contribution in [0.15, 0.2) is 52.2 Å². The summed E-state index contributed by atoms with van der Waals surface area (Å²) in [6, 6.07) is 11.5. The molecule has 1 aliphatic rings. The molecule has 0 spiro atoms. The first-order valence-electron chi connectivity index (χ1n) is 10.8. The molecule has 1 saturated heterocycles. The van der Waals surface area contributed by atoms with E-state index in [4.69, 9.17) is 4.74 Å². The van der Waals surface area contributed by atoms with Crippen LogP contribution in [0.5, 0.6) is 0 Å². The average Bonchev–Trinajstić information content (AvgIpc) is 3.17. The summed E-state index contributed by atoms with van der Waals surface area (Å²) >= 11 is 0. The van der Waals surface area contributed by atoms with E-state index in [1.54, 1.807) is 6.07 Å². The first kappa shape index (κ1) is 22.9. The Morgan fingerprint density at radius 3 is 2.61 bits per heavy atom. The minimum atomic E-state index is -0.912. The molecular formula is C24H27N3O6. The van der Waals surface area contributed by atoms with Gasteiger partial charge in [-0.15, -0.1) is 0 Å². The molecule has 0 bridgehead atoms. The SMILES string of the molecule is CN(C)c1ccc2cc(C(=O)CCc3cn([C@H]4C[C@H](O)[C@@H](CO)O4)c(=O)[nH]c3=O)ccc2c1. The Morgan fingerprint density at radius 1 is 1.18 bits per heavy atom. The second-order valence-corrected chi connectivity index (χ2v) is 8.50. The van der Waals surface area contributed by atoms with Crippen LogP contribution >= 0.6 is 0 Å². The summed E-state index contributed by atoms with van der Waals surface area (Å²) in [4.78, 5) is 41.6. The van der Waals surface area contributed by atoms with E-state index in [-0.39, 0.29) is 37.2 Å². The van der Waals surface area contributed by atoms with E-state index >= 15 is 0 Å². The van der Waals surface area contributed by atoms with Crippen LogP contribution in [-0.4, -0.2) is 58.5 Å². The minimum Gasteiger partial charge on any atom is -0.394 e. The van der Waals surface area contributed by atoms with Gasteiger partial charge in [0.05, 0.1) is 12.7 Å². The van der Waals surface area contributed by atoms with Gasteiger partial charge in [-0.25, -0.2) is 4.79 Å². The lowest BCUT2D eigenvalue weighted by Crippen LogP contribution is -2.34. The molecule has 3 atom stereocenters. The van der Waals surface area contributed by atoms with Crippen LogP contribution in [0, 0.1) is 0 Å². The van der Waals surface area contributed by atoms with E-state index in [0.717, 1.165) is 16.5 Å². The molecule has 0 saturated carbocycles. The zero-order chi connectivity index (χ0) is 23.7. The smallest absolute Gasteiger partial charge is 0.330 e. The van der Waals surface area contributed by atoms with Crippen LogP contribution < -0.4 is 16.1 Å². The van der Waals surface area contributed by atoms with Crippen molar-refractivity contribution >= 4 is 22.2 Å². The maximum atomic E-state index is 12.8. The number of aromatic amines is 1. The summed E-state index contributed by atoms with van der Waals surface area (Å²) in [5.74, 6) is -0.112. The fourth-order valence-electron chi connectivity index (χ4n) is 4.05. The Hall–Kier alpha value is -3.27. The number of rotatable bonds is 7. The third-order valence-electron chi connectivity index (χ3n) is 6.02. The number of hydrogen-bond donors (Lipinski definition) is 3. The summed E-state index contributed by atoms with van der Waals surface area (Å²) in [6.07, 6.45) is -0.785. The van der Waals surface area contributed by atoms with Gasteiger partial charge in [0.15, 0.2) is 5.78 Å². The maximum Gasteiger partial charge on any atom is 0.330 e. The zero-order valence-electron chi connectivity index (χ0n) is 18.5. The molecule has 3 N–H and O–H groups in total. The summed E-state index contributed by atoms with van der Waals surface area (Å²) in [5, 5.41) is 21.2. The topological polar surface area (TPSA) is 125 Å². The Morgan fingerprint density at radius 2 is 1.91 bits per heavy atom. The number of aliphatic hydroxyl groups is 2. The van der Waals surface area contributed by atoms with E-state index in [9.17, 15) is 24.6 Å². The van der Waals surface area contributed by atoms with Gasteiger partial charge in [-0.3, -0.25) is 19.1 Å². The van der Waals surface area contributed by atoms with Gasteiger partial charge >= 0.3 is 5.69 Å². The van der Waals surface area contributed by atoms with Crippen molar-refractivity contribution in [2.24, 2.45) is 0 Å². The van der Waals surface area contributed by atoms with Gasteiger partial charge < -0.3 is 19.8 Å². The number of fused-ring (bicyclic) bond motifs is 1. The quantitative estimate of drug-likeness (QED) is 0.459. The predicted molar refractivity (Wildman–Crippen MR) is 124 cm³/mol. The van der Waals surface area contributed by atoms with Crippen LogP contribution in [0.25, 0.3) is 10.8 Å². The molecule has 4 rings (SSSR count). The Balaban J connectivity index is 1.51.